The number of nitrogens with one attached hydrogen (secondary N) is 1. The number of hydrogen-bond acceptors (Lipinski definition) is 7. The summed E-state index contributed by atoms with van der Waals surface area (Å²) in [6, 6.07) is 3.96. The molecule has 134 valence electrons. The molecule has 1 saturated carbocycles. The Morgan fingerprint density at radius 2 is 2.20 bits per heavy atom. The van der Waals surface area contributed by atoms with Crippen LogP contribution in [0.5, 0.6) is 0 Å². The van der Waals surface area contributed by atoms with Gasteiger partial charge in [-0.1, -0.05) is 6.07 Å². The summed E-state index contributed by atoms with van der Waals surface area (Å²) < 4.78 is 5.36. The van der Waals surface area contributed by atoms with Gasteiger partial charge in [0, 0.05) is 6.54 Å². The minimum Gasteiger partial charge on any atom is -0.460 e. The van der Waals surface area contributed by atoms with Gasteiger partial charge in [-0.2, -0.15) is 0 Å². The van der Waals surface area contributed by atoms with Gasteiger partial charge in [-0.05, 0) is 45.1 Å². The fraction of sp³-hybridized carbons (Fsp3) is 0.500. The van der Waals surface area contributed by atoms with Crippen LogP contribution in [0.3, 0.4) is 0 Å². The van der Waals surface area contributed by atoms with Crippen molar-refractivity contribution in [2.24, 2.45) is 5.92 Å². The Morgan fingerprint density at radius 1 is 1.44 bits per heavy atom. The Bertz CT molecular complexity index is 734. The zero-order valence-corrected chi connectivity index (χ0v) is 15.5. The van der Waals surface area contributed by atoms with Gasteiger partial charge in [0.2, 0.25) is 0 Å². The quantitative estimate of drug-likeness (QED) is 0.796. The van der Waals surface area contributed by atoms with Crippen molar-refractivity contribution in [3.63, 3.8) is 0 Å². The Kier molecular flexibility index (Phi) is 4.79. The molecule has 1 aliphatic carbocycles. The maximum Gasteiger partial charge on any atom is 0.309 e. The topological polar surface area (TPSA) is 84.3 Å². The Labute approximate surface area is 151 Å². The van der Waals surface area contributed by atoms with Crippen LogP contribution in [0.2, 0.25) is 0 Å². The van der Waals surface area contributed by atoms with Crippen molar-refractivity contribution >= 4 is 23.1 Å². The number of esters is 1. The highest BCUT2D eigenvalue weighted by Gasteiger charge is 2.47. The van der Waals surface area contributed by atoms with Gasteiger partial charge in [-0.15, -0.1) is 11.3 Å². The maximum absolute atomic E-state index is 12.0. The standard InChI is InChI=1S/C18H23N3O3S/c1-17(2,3)24-16(22)12-7-18(23,8-12)11-20-15-10-19-9-13(21-15)14-5-4-6-25-14/h4-6,9-10,12,23H,7-8,11H2,1-3H3,(H,20,21). The van der Waals surface area contributed by atoms with E-state index >= 15 is 0 Å². The number of nitrogens with zero attached hydrogens (tertiary/aromatic N) is 2. The number of ether oxygens (including phenoxy) is 1. The Hall–Kier alpha value is -1.99. The lowest BCUT2D eigenvalue weighted by molar-refractivity contribution is -0.174. The first-order valence-electron chi connectivity index (χ1n) is 8.29. The Morgan fingerprint density at radius 3 is 2.84 bits per heavy atom. The molecule has 0 aromatic carbocycles. The van der Waals surface area contributed by atoms with Crippen molar-refractivity contribution in [3.05, 3.63) is 29.9 Å². The lowest BCUT2D eigenvalue weighted by atomic mass is 9.71. The Balaban J connectivity index is 1.53. The fourth-order valence-electron chi connectivity index (χ4n) is 2.80. The van der Waals surface area contributed by atoms with Crippen molar-refractivity contribution in [2.75, 3.05) is 11.9 Å². The van der Waals surface area contributed by atoms with Gasteiger partial charge in [0.25, 0.3) is 0 Å². The third-order valence-corrected chi connectivity index (χ3v) is 4.89. The summed E-state index contributed by atoms with van der Waals surface area (Å²) in [5, 5.41) is 15.6. The van der Waals surface area contributed by atoms with E-state index in [2.05, 4.69) is 15.3 Å². The molecule has 1 fully saturated rings. The van der Waals surface area contributed by atoms with E-state index in [-0.39, 0.29) is 11.9 Å². The molecule has 3 rings (SSSR count). The summed E-state index contributed by atoms with van der Waals surface area (Å²) >= 11 is 1.60. The molecule has 6 nitrogen and oxygen atoms in total. The predicted molar refractivity (Wildman–Crippen MR) is 97.4 cm³/mol. The average molecular weight is 361 g/mol. The molecule has 25 heavy (non-hydrogen) atoms. The third-order valence-electron chi connectivity index (χ3n) is 4.00. The van der Waals surface area contributed by atoms with Crippen LogP contribution in [-0.2, 0) is 9.53 Å². The molecule has 0 bridgehead atoms. The molecule has 0 amide bonds. The van der Waals surface area contributed by atoms with E-state index in [1.54, 1.807) is 23.7 Å². The number of thiophene rings is 1. The zero-order valence-electron chi connectivity index (χ0n) is 14.7. The van der Waals surface area contributed by atoms with E-state index in [0.717, 1.165) is 10.6 Å². The van der Waals surface area contributed by atoms with Crippen LogP contribution in [0.15, 0.2) is 29.9 Å². The highest BCUT2D eigenvalue weighted by Crippen LogP contribution is 2.39. The van der Waals surface area contributed by atoms with Gasteiger partial charge in [0.1, 0.15) is 17.1 Å². The molecule has 0 spiro atoms. The monoisotopic (exact) mass is 361 g/mol. The summed E-state index contributed by atoms with van der Waals surface area (Å²) in [7, 11) is 0. The number of anilines is 1. The highest BCUT2D eigenvalue weighted by molar-refractivity contribution is 7.13. The summed E-state index contributed by atoms with van der Waals surface area (Å²) in [6.07, 6.45) is 4.14. The molecule has 2 aromatic rings. The van der Waals surface area contributed by atoms with Crippen molar-refractivity contribution in [3.8, 4) is 10.6 Å². The van der Waals surface area contributed by atoms with Gasteiger partial charge in [-0.25, -0.2) is 4.98 Å². The number of rotatable bonds is 5. The molecule has 0 radical (unpaired) electrons. The van der Waals surface area contributed by atoms with Crippen molar-refractivity contribution in [2.45, 2.75) is 44.8 Å². The average Bonchev–Trinajstić information content (AvgIpc) is 3.03. The first-order valence-corrected chi connectivity index (χ1v) is 9.17. The van der Waals surface area contributed by atoms with E-state index in [1.165, 1.54) is 0 Å². The van der Waals surface area contributed by atoms with E-state index < -0.39 is 11.2 Å². The van der Waals surface area contributed by atoms with Gasteiger partial charge >= 0.3 is 5.97 Å². The van der Waals surface area contributed by atoms with E-state index in [4.69, 9.17) is 4.74 Å². The molecule has 0 unspecified atom stereocenters. The van der Waals surface area contributed by atoms with E-state index in [1.807, 2.05) is 38.3 Å². The van der Waals surface area contributed by atoms with Gasteiger partial charge in [0.15, 0.2) is 0 Å². The first-order chi connectivity index (χ1) is 11.7. The normalized spacial score (nSPS) is 23.0. The number of carbonyl (C=O) groups excluding carboxylic acids is 1. The van der Waals surface area contributed by atoms with E-state index in [9.17, 15) is 9.90 Å². The van der Waals surface area contributed by atoms with Gasteiger partial charge < -0.3 is 15.2 Å². The lowest BCUT2D eigenvalue weighted by Crippen LogP contribution is -2.52. The second-order valence-electron chi connectivity index (χ2n) is 7.48. The number of aromatic nitrogens is 2. The maximum atomic E-state index is 12.0. The van der Waals surface area contributed by atoms with Gasteiger partial charge in [-0.3, -0.25) is 9.78 Å². The predicted octanol–water partition coefficient (Wildman–Crippen LogP) is 3.10. The van der Waals surface area contributed by atoms with Crippen LogP contribution < -0.4 is 5.32 Å². The zero-order chi connectivity index (χ0) is 18.1. The smallest absolute Gasteiger partial charge is 0.309 e. The number of carbonyl (C=O) groups is 1. The molecule has 1 aliphatic rings. The summed E-state index contributed by atoms with van der Waals surface area (Å²) in [6.45, 7) is 5.86. The van der Waals surface area contributed by atoms with Crippen LogP contribution in [0, 0.1) is 5.92 Å². The second-order valence-corrected chi connectivity index (χ2v) is 8.43. The van der Waals surface area contributed by atoms with Crippen LogP contribution in [0.25, 0.3) is 10.6 Å². The SMILES string of the molecule is CC(C)(C)OC(=O)C1CC(O)(CNc2cncc(-c3cccs3)n2)C1. The molecule has 2 aromatic heterocycles. The second kappa shape index (κ2) is 6.72. The largest absolute Gasteiger partial charge is 0.460 e. The molecule has 2 N–H and O–H groups in total. The summed E-state index contributed by atoms with van der Waals surface area (Å²) in [5.74, 6) is 0.131. The third kappa shape index (κ3) is 4.55. The van der Waals surface area contributed by atoms with Crippen molar-refractivity contribution in [1.29, 1.82) is 0 Å². The molecule has 2 heterocycles. The number of hydrogen-bond donors (Lipinski definition) is 2. The highest BCUT2D eigenvalue weighted by atomic mass is 32.1. The van der Waals surface area contributed by atoms with Crippen LogP contribution in [0.4, 0.5) is 5.82 Å². The number of aliphatic hydroxyl groups is 1. The minimum atomic E-state index is -0.914. The minimum absolute atomic E-state index is 0.239. The van der Waals surface area contributed by atoms with Crippen LogP contribution >= 0.6 is 11.3 Å². The van der Waals surface area contributed by atoms with Crippen LogP contribution in [0.1, 0.15) is 33.6 Å². The molecule has 7 heteroatoms. The molecular formula is C18H23N3O3S. The van der Waals surface area contributed by atoms with Crippen molar-refractivity contribution < 1.29 is 14.6 Å². The fourth-order valence-corrected chi connectivity index (χ4v) is 3.48. The molecular weight excluding hydrogens is 338 g/mol. The van der Waals surface area contributed by atoms with Crippen LogP contribution in [-0.4, -0.2) is 38.8 Å². The van der Waals surface area contributed by atoms with E-state index in [0.29, 0.717) is 25.2 Å². The molecule has 0 atom stereocenters. The first kappa shape index (κ1) is 17.8. The summed E-state index contributed by atoms with van der Waals surface area (Å²) in [5.41, 5.74) is -0.615. The molecule has 0 saturated heterocycles. The molecule has 0 aliphatic heterocycles. The summed E-state index contributed by atoms with van der Waals surface area (Å²) in [4.78, 5) is 21.8. The van der Waals surface area contributed by atoms with Gasteiger partial charge in [0.05, 0.1) is 28.8 Å². The van der Waals surface area contributed by atoms with Crippen molar-refractivity contribution in [1.82, 2.24) is 9.97 Å². The lowest BCUT2D eigenvalue weighted by Gasteiger charge is -2.43.